The minimum atomic E-state index is -2.10. The van der Waals surface area contributed by atoms with Gasteiger partial charge in [0.15, 0.2) is 29.7 Å². The first-order chi connectivity index (χ1) is 31.9. The third kappa shape index (κ3) is 10.3. The molecular formula is C43H48O24. The predicted molar refractivity (Wildman–Crippen MR) is 220 cm³/mol. The molecule has 15 atom stereocenters. The third-order valence-electron chi connectivity index (χ3n) is 11.2. The minimum Gasteiger partial charge on any atom is -0.508 e. The molecule has 0 saturated carbocycles. The standard InChI is InChI=1S/C43H48O24/c1-59-22-10-16(2-8-20(22)47)3-9-27(49)60-15-26-31(52)34(55)37(58)42(65-26)67-40-35(56)30(51)25(14-45)64-43(40)66-39-32(53)28-21(48)11-19(61-41-36(57)33(54)29(50)24(13-44)63-41)12-23(28)62-38(39)17-4-6-18(46)7-5-17/h2-12,24-26,29-31,33-37,40-48,50-52,54-58H,13-15H2,1H3/b9-3+/t24-,25+,26+,29-,30+,31+,33+,34-,35-,36+,37+,40+,41+,42-,43-/m0/s1. The lowest BCUT2D eigenvalue weighted by Gasteiger charge is -2.45. The van der Waals surface area contributed by atoms with Crippen LogP contribution < -0.4 is 19.6 Å². The molecule has 0 aliphatic carbocycles. The summed E-state index contributed by atoms with van der Waals surface area (Å²) in [6.45, 7) is -2.45. The number of aliphatic hydroxyl groups excluding tert-OH is 10. The number of ether oxygens (including phenoxy) is 8. The first-order valence-corrected chi connectivity index (χ1v) is 20.4. The molecular weight excluding hydrogens is 900 g/mol. The van der Waals surface area contributed by atoms with E-state index in [4.69, 9.17) is 42.3 Å². The fraction of sp³-hybridized carbons (Fsp3) is 0.442. The summed E-state index contributed by atoms with van der Waals surface area (Å²) in [5, 5.41) is 136. The van der Waals surface area contributed by atoms with Gasteiger partial charge >= 0.3 is 5.97 Å². The molecule has 4 heterocycles. The van der Waals surface area contributed by atoms with Crippen LogP contribution in [0.15, 0.2) is 69.9 Å². The first-order valence-electron chi connectivity index (χ1n) is 20.4. The Kier molecular flexibility index (Phi) is 15.2. The topological polar surface area (TPSA) is 384 Å². The maximum Gasteiger partial charge on any atom is 0.330 e. The molecule has 4 aromatic rings. The summed E-state index contributed by atoms with van der Waals surface area (Å²) in [6.07, 6.45) is -25.5. The fourth-order valence-electron chi connectivity index (χ4n) is 7.44. The SMILES string of the molecule is COc1cc(/C=C/C(=O)OC[C@H]2O[C@@H](O[C@H]3[C@H](Oc4c(-c5ccc(O)cc5)oc5cc(O[C@@H]6O[C@@H](CO)[C@H](O)[C@@H](O)[C@H]6O)cc(O)c5c4=O)O[C@H](CO)[C@@H](O)[C@@H]3O)[C@H](O)[C@@H](O)[C@@H]2O)ccc1O. The number of hydrogen-bond acceptors (Lipinski definition) is 24. The Morgan fingerprint density at radius 2 is 1.28 bits per heavy atom. The zero-order valence-electron chi connectivity index (χ0n) is 34.9. The van der Waals surface area contributed by atoms with Crippen molar-refractivity contribution in [3.63, 3.8) is 0 Å². The Bertz CT molecular complexity index is 2440. The van der Waals surface area contributed by atoms with Crippen LogP contribution in [0.5, 0.6) is 34.5 Å². The smallest absolute Gasteiger partial charge is 0.330 e. The molecule has 1 aromatic heterocycles. The molecule has 13 N–H and O–H groups in total. The van der Waals surface area contributed by atoms with Crippen molar-refractivity contribution < 1.29 is 113 Å². The van der Waals surface area contributed by atoms with E-state index < -0.39 is 152 Å². The van der Waals surface area contributed by atoms with Crippen LogP contribution in [0.4, 0.5) is 0 Å². The molecule has 0 radical (unpaired) electrons. The van der Waals surface area contributed by atoms with Gasteiger partial charge in [-0.3, -0.25) is 4.79 Å². The fourth-order valence-corrected chi connectivity index (χ4v) is 7.44. The van der Waals surface area contributed by atoms with Crippen molar-refractivity contribution in [2.75, 3.05) is 26.9 Å². The normalized spacial score (nSPS) is 32.3. The van der Waals surface area contributed by atoms with E-state index in [1.807, 2.05) is 0 Å². The Labute approximate surface area is 377 Å². The quantitative estimate of drug-likeness (QED) is 0.0443. The molecule has 3 aliphatic heterocycles. The van der Waals surface area contributed by atoms with Crippen molar-refractivity contribution in [3.8, 4) is 45.8 Å². The molecule has 3 aromatic carbocycles. The molecule has 0 bridgehead atoms. The van der Waals surface area contributed by atoms with Crippen LogP contribution >= 0.6 is 0 Å². The molecule has 24 nitrogen and oxygen atoms in total. The molecule has 3 aliphatic rings. The van der Waals surface area contributed by atoms with Crippen molar-refractivity contribution in [1.82, 2.24) is 0 Å². The number of methoxy groups -OCH3 is 1. The van der Waals surface area contributed by atoms with Gasteiger partial charge in [0, 0.05) is 23.8 Å². The van der Waals surface area contributed by atoms with Crippen LogP contribution in [0.1, 0.15) is 5.56 Å². The van der Waals surface area contributed by atoms with Gasteiger partial charge in [0.1, 0.15) is 102 Å². The van der Waals surface area contributed by atoms with Crippen LogP contribution in [-0.2, 0) is 28.5 Å². The number of esters is 1. The highest BCUT2D eigenvalue weighted by atomic mass is 16.8. The van der Waals surface area contributed by atoms with Gasteiger partial charge < -0.3 is 109 Å². The van der Waals surface area contributed by atoms with E-state index in [-0.39, 0.29) is 28.6 Å². The maximum atomic E-state index is 14.4. The van der Waals surface area contributed by atoms with Crippen LogP contribution in [0.2, 0.25) is 0 Å². The molecule has 0 amide bonds. The lowest BCUT2D eigenvalue weighted by atomic mass is 9.97. The first kappa shape index (κ1) is 49.2. The highest BCUT2D eigenvalue weighted by molar-refractivity contribution is 5.88. The Hall–Kier alpha value is -5.68. The summed E-state index contributed by atoms with van der Waals surface area (Å²) in [5.74, 6) is -3.51. The van der Waals surface area contributed by atoms with Gasteiger partial charge in [-0.2, -0.15) is 0 Å². The number of rotatable bonds is 14. The van der Waals surface area contributed by atoms with Crippen molar-refractivity contribution in [3.05, 3.63) is 76.5 Å². The van der Waals surface area contributed by atoms with E-state index in [2.05, 4.69) is 0 Å². The second-order valence-electron chi connectivity index (χ2n) is 15.6. The zero-order valence-corrected chi connectivity index (χ0v) is 34.9. The highest BCUT2D eigenvalue weighted by Crippen LogP contribution is 2.39. The molecule has 0 unspecified atom stereocenters. The van der Waals surface area contributed by atoms with Gasteiger partial charge in [-0.1, -0.05) is 6.07 Å². The number of aliphatic hydroxyl groups is 10. The van der Waals surface area contributed by atoms with Gasteiger partial charge in [-0.25, -0.2) is 4.79 Å². The lowest BCUT2D eigenvalue weighted by Crippen LogP contribution is -2.65. The van der Waals surface area contributed by atoms with E-state index in [0.717, 1.165) is 18.2 Å². The molecule has 3 fully saturated rings. The van der Waals surface area contributed by atoms with Crippen LogP contribution in [0.3, 0.4) is 0 Å². The molecule has 364 valence electrons. The number of phenols is 3. The van der Waals surface area contributed by atoms with E-state index >= 15 is 0 Å². The molecule has 7 rings (SSSR count). The maximum absolute atomic E-state index is 14.4. The molecule has 24 heteroatoms. The number of benzene rings is 3. The lowest BCUT2D eigenvalue weighted by molar-refractivity contribution is -0.358. The van der Waals surface area contributed by atoms with Crippen LogP contribution in [0.25, 0.3) is 28.4 Å². The minimum absolute atomic E-state index is 0.0392. The predicted octanol–water partition coefficient (Wildman–Crippen LogP) is -2.97. The summed E-state index contributed by atoms with van der Waals surface area (Å²) in [4.78, 5) is 27.1. The number of fused-ring (bicyclic) bond motifs is 1. The largest absolute Gasteiger partial charge is 0.508 e. The summed E-state index contributed by atoms with van der Waals surface area (Å²) in [6, 6.07) is 11.2. The second-order valence-corrected chi connectivity index (χ2v) is 15.6. The summed E-state index contributed by atoms with van der Waals surface area (Å²) < 4.78 is 50.6. The Balaban J connectivity index is 1.17. The van der Waals surface area contributed by atoms with Crippen molar-refractivity contribution >= 4 is 23.0 Å². The van der Waals surface area contributed by atoms with Gasteiger partial charge in [-0.05, 0) is 48.0 Å². The van der Waals surface area contributed by atoms with E-state index in [9.17, 15) is 76.0 Å². The molecule has 3 saturated heterocycles. The van der Waals surface area contributed by atoms with Gasteiger partial charge in [-0.15, -0.1) is 0 Å². The van der Waals surface area contributed by atoms with Gasteiger partial charge in [0.05, 0.1) is 20.3 Å². The second kappa shape index (κ2) is 20.7. The average molecular weight is 949 g/mol. The zero-order chi connectivity index (χ0) is 48.4. The van der Waals surface area contributed by atoms with Gasteiger partial charge in [0.2, 0.25) is 23.8 Å². The van der Waals surface area contributed by atoms with Crippen molar-refractivity contribution in [2.24, 2.45) is 0 Å². The number of phenolic OH excluding ortho intramolecular Hbond substituents is 3. The summed E-state index contributed by atoms with van der Waals surface area (Å²) >= 11 is 0. The van der Waals surface area contributed by atoms with Crippen molar-refractivity contribution in [2.45, 2.75) is 92.1 Å². The van der Waals surface area contributed by atoms with E-state index in [0.29, 0.717) is 5.56 Å². The number of carbonyl (C=O) groups is 1. The number of hydrogen-bond donors (Lipinski definition) is 13. The third-order valence-corrected chi connectivity index (χ3v) is 11.2. The average Bonchev–Trinajstić information content (AvgIpc) is 3.31. The van der Waals surface area contributed by atoms with E-state index in [1.165, 1.54) is 55.7 Å². The monoisotopic (exact) mass is 948 g/mol. The Morgan fingerprint density at radius 3 is 1.94 bits per heavy atom. The highest BCUT2D eigenvalue weighted by Gasteiger charge is 2.52. The van der Waals surface area contributed by atoms with Crippen LogP contribution in [0, 0.1) is 0 Å². The summed E-state index contributed by atoms with van der Waals surface area (Å²) in [5.41, 5.74) is -1.05. The summed E-state index contributed by atoms with van der Waals surface area (Å²) in [7, 11) is 1.33. The number of aromatic hydroxyl groups is 3. The molecule has 0 spiro atoms. The molecule has 67 heavy (non-hydrogen) atoms. The van der Waals surface area contributed by atoms with E-state index in [1.54, 1.807) is 0 Å². The van der Waals surface area contributed by atoms with Crippen LogP contribution in [-0.4, -0.2) is 191 Å². The Morgan fingerprint density at radius 1 is 0.672 bits per heavy atom. The van der Waals surface area contributed by atoms with Gasteiger partial charge in [0.25, 0.3) is 0 Å². The van der Waals surface area contributed by atoms with Crippen molar-refractivity contribution in [1.29, 1.82) is 0 Å². The number of carbonyl (C=O) groups excluding carboxylic acids is 1.